The van der Waals surface area contributed by atoms with Gasteiger partial charge in [0.25, 0.3) is 5.69 Å². The van der Waals surface area contributed by atoms with Gasteiger partial charge >= 0.3 is 0 Å². The summed E-state index contributed by atoms with van der Waals surface area (Å²) in [7, 11) is -3.83. The number of hydrogen-bond donors (Lipinski definition) is 1. The van der Waals surface area contributed by atoms with Crippen molar-refractivity contribution in [3.05, 3.63) is 33.9 Å². The van der Waals surface area contributed by atoms with Crippen LogP contribution in [0.1, 0.15) is 18.4 Å². The van der Waals surface area contributed by atoms with Gasteiger partial charge in [0.2, 0.25) is 15.9 Å². The van der Waals surface area contributed by atoms with Gasteiger partial charge in [0.15, 0.2) is 0 Å². The monoisotopic (exact) mass is 432 g/mol. The summed E-state index contributed by atoms with van der Waals surface area (Å²) in [6, 6.07) is 3.86. The van der Waals surface area contributed by atoms with Crippen LogP contribution in [-0.2, 0) is 14.8 Å². The largest absolute Gasteiger partial charge is 0.340 e. The van der Waals surface area contributed by atoms with Gasteiger partial charge in [0, 0.05) is 57.3 Å². The number of nitrogens with zero attached hydrogens (tertiary/aromatic N) is 3. The molecule has 1 aromatic carbocycles. The fraction of sp³-hybridized carbons (Fsp3) is 0.588. The highest BCUT2D eigenvalue weighted by Gasteiger charge is 2.35. The fourth-order valence-electron chi connectivity index (χ4n) is 3.61. The van der Waals surface area contributed by atoms with Crippen molar-refractivity contribution in [1.82, 2.24) is 14.5 Å². The molecule has 0 atom stereocenters. The van der Waals surface area contributed by atoms with Gasteiger partial charge in [-0.2, -0.15) is 4.31 Å². The Morgan fingerprint density at radius 1 is 1.18 bits per heavy atom. The highest BCUT2D eigenvalue weighted by atomic mass is 35.5. The number of piperazine rings is 1. The summed E-state index contributed by atoms with van der Waals surface area (Å²) in [6.07, 6.45) is 0.936. The Hall–Kier alpha value is -1.75. The van der Waals surface area contributed by atoms with E-state index in [0.29, 0.717) is 31.5 Å². The van der Waals surface area contributed by atoms with Crippen LogP contribution in [0.2, 0.25) is 0 Å². The Morgan fingerprint density at radius 3 is 2.36 bits per heavy atom. The Bertz CT molecular complexity index is 834. The Kier molecular flexibility index (Phi) is 7.38. The molecule has 11 heteroatoms. The van der Waals surface area contributed by atoms with Crippen molar-refractivity contribution in [1.29, 1.82) is 0 Å². The number of non-ortho nitro benzene ring substituents is 1. The first-order valence-electron chi connectivity index (χ1n) is 9.05. The highest BCUT2D eigenvalue weighted by molar-refractivity contribution is 7.89. The van der Waals surface area contributed by atoms with Gasteiger partial charge < -0.3 is 10.2 Å². The lowest BCUT2D eigenvalue weighted by Gasteiger charge is -2.35. The predicted molar refractivity (Wildman–Crippen MR) is 106 cm³/mol. The lowest BCUT2D eigenvalue weighted by molar-refractivity contribution is -0.385. The molecular weight excluding hydrogens is 408 g/mol. The molecule has 0 aromatic heterocycles. The number of rotatable bonds is 4. The number of benzene rings is 1. The second kappa shape index (κ2) is 9.17. The van der Waals surface area contributed by atoms with Crippen LogP contribution in [0.5, 0.6) is 0 Å². The second-order valence-electron chi connectivity index (χ2n) is 6.96. The van der Waals surface area contributed by atoms with E-state index in [0.717, 1.165) is 19.2 Å². The minimum absolute atomic E-state index is 0. The smallest absolute Gasteiger partial charge is 0.270 e. The molecule has 2 fully saturated rings. The summed E-state index contributed by atoms with van der Waals surface area (Å²) >= 11 is 0. The molecule has 9 nitrogen and oxygen atoms in total. The Labute approximate surface area is 170 Å². The first kappa shape index (κ1) is 22.5. The molecule has 1 aromatic rings. The zero-order valence-electron chi connectivity index (χ0n) is 15.7. The Balaban J connectivity index is 0.00000280. The van der Waals surface area contributed by atoms with Crippen molar-refractivity contribution in [2.24, 2.45) is 5.92 Å². The SMILES string of the molecule is Cc1ccc([N+](=O)[O-])cc1S(=O)(=O)N1CCC(C(=O)N2CCNCC2)CC1.Cl. The summed E-state index contributed by atoms with van der Waals surface area (Å²) < 4.78 is 27.3. The lowest BCUT2D eigenvalue weighted by atomic mass is 9.96. The van der Waals surface area contributed by atoms with E-state index in [9.17, 15) is 23.3 Å². The molecule has 0 saturated carbocycles. The number of nitro benzene ring substituents is 1. The average Bonchev–Trinajstić information content (AvgIpc) is 2.68. The molecule has 1 amide bonds. The van der Waals surface area contributed by atoms with E-state index >= 15 is 0 Å². The van der Waals surface area contributed by atoms with E-state index in [1.807, 2.05) is 4.90 Å². The normalized spacial score (nSPS) is 19.1. The molecule has 0 spiro atoms. The number of aryl methyl sites for hydroxylation is 1. The maximum Gasteiger partial charge on any atom is 0.270 e. The number of carbonyl (C=O) groups excluding carboxylic acids is 1. The van der Waals surface area contributed by atoms with E-state index in [1.165, 1.54) is 16.4 Å². The van der Waals surface area contributed by atoms with Crippen LogP contribution in [0, 0.1) is 23.0 Å². The summed E-state index contributed by atoms with van der Waals surface area (Å²) in [5.74, 6) is -0.0687. The topological polar surface area (TPSA) is 113 Å². The van der Waals surface area contributed by atoms with E-state index in [-0.39, 0.29) is 47.9 Å². The summed E-state index contributed by atoms with van der Waals surface area (Å²) in [6.45, 7) is 5.04. The number of piperidine rings is 1. The van der Waals surface area contributed by atoms with Crippen LogP contribution < -0.4 is 5.32 Å². The van der Waals surface area contributed by atoms with Crippen LogP contribution in [0.4, 0.5) is 5.69 Å². The number of carbonyl (C=O) groups is 1. The number of nitrogens with one attached hydrogen (secondary N) is 1. The number of hydrogen-bond acceptors (Lipinski definition) is 6. The zero-order chi connectivity index (χ0) is 19.6. The maximum absolute atomic E-state index is 13.0. The van der Waals surface area contributed by atoms with E-state index in [4.69, 9.17) is 0 Å². The molecule has 2 aliphatic heterocycles. The van der Waals surface area contributed by atoms with Crippen molar-refractivity contribution in [2.75, 3.05) is 39.3 Å². The number of nitro groups is 1. The van der Waals surface area contributed by atoms with Crippen molar-refractivity contribution in [3.8, 4) is 0 Å². The molecule has 2 heterocycles. The maximum atomic E-state index is 13.0. The zero-order valence-corrected chi connectivity index (χ0v) is 17.3. The minimum atomic E-state index is -3.83. The molecule has 0 bridgehead atoms. The number of amides is 1. The first-order chi connectivity index (χ1) is 12.8. The fourth-order valence-corrected chi connectivity index (χ4v) is 5.32. The number of halogens is 1. The van der Waals surface area contributed by atoms with Gasteiger partial charge in [0.1, 0.15) is 0 Å². The first-order valence-corrected chi connectivity index (χ1v) is 10.5. The van der Waals surface area contributed by atoms with Gasteiger partial charge in [-0.25, -0.2) is 8.42 Å². The predicted octanol–water partition coefficient (Wildman–Crippen LogP) is 1.16. The molecule has 156 valence electrons. The summed E-state index contributed by atoms with van der Waals surface area (Å²) in [5, 5.41) is 14.2. The molecule has 28 heavy (non-hydrogen) atoms. The summed E-state index contributed by atoms with van der Waals surface area (Å²) in [5.41, 5.74) is 0.225. The molecule has 2 saturated heterocycles. The second-order valence-corrected chi connectivity index (χ2v) is 8.87. The molecule has 1 N–H and O–H groups in total. The van der Waals surface area contributed by atoms with Crippen molar-refractivity contribution in [3.63, 3.8) is 0 Å². The quantitative estimate of drug-likeness (QED) is 0.564. The van der Waals surface area contributed by atoms with Gasteiger partial charge in [0.05, 0.1) is 9.82 Å². The standard InChI is InChI=1S/C17H24N4O5S.ClH/c1-13-2-3-15(21(23)24)12-16(13)27(25,26)20-8-4-14(5-9-20)17(22)19-10-6-18-7-11-19;/h2-3,12,14,18H,4-11H2,1H3;1H. The summed E-state index contributed by atoms with van der Waals surface area (Å²) in [4.78, 5) is 24.8. The Morgan fingerprint density at radius 2 is 1.79 bits per heavy atom. The number of sulfonamides is 1. The molecule has 0 aliphatic carbocycles. The minimum Gasteiger partial charge on any atom is -0.340 e. The average molecular weight is 433 g/mol. The molecule has 2 aliphatic rings. The molecular formula is C17H25ClN4O5S. The van der Waals surface area contributed by atoms with E-state index in [1.54, 1.807) is 6.92 Å². The van der Waals surface area contributed by atoms with Crippen LogP contribution in [0.3, 0.4) is 0 Å². The third-order valence-electron chi connectivity index (χ3n) is 5.23. The van der Waals surface area contributed by atoms with Gasteiger partial charge in [-0.15, -0.1) is 12.4 Å². The third kappa shape index (κ3) is 4.62. The lowest BCUT2D eigenvalue weighted by Crippen LogP contribution is -2.50. The van der Waals surface area contributed by atoms with Crippen molar-refractivity contribution < 1.29 is 18.1 Å². The van der Waals surface area contributed by atoms with Crippen molar-refractivity contribution in [2.45, 2.75) is 24.7 Å². The van der Waals surface area contributed by atoms with Gasteiger partial charge in [-0.3, -0.25) is 14.9 Å². The third-order valence-corrected chi connectivity index (χ3v) is 7.27. The molecule has 0 unspecified atom stereocenters. The van der Waals surface area contributed by atoms with E-state index in [2.05, 4.69) is 5.32 Å². The highest BCUT2D eigenvalue weighted by Crippen LogP contribution is 2.29. The van der Waals surface area contributed by atoms with Crippen LogP contribution in [-0.4, -0.2) is 67.7 Å². The van der Waals surface area contributed by atoms with E-state index < -0.39 is 14.9 Å². The van der Waals surface area contributed by atoms with Crippen LogP contribution >= 0.6 is 12.4 Å². The van der Waals surface area contributed by atoms with Gasteiger partial charge in [-0.1, -0.05) is 6.07 Å². The van der Waals surface area contributed by atoms with Crippen LogP contribution in [0.15, 0.2) is 23.1 Å². The van der Waals surface area contributed by atoms with Crippen LogP contribution in [0.25, 0.3) is 0 Å². The van der Waals surface area contributed by atoms with Crippen molar-refractivity contribution >= 4 is 34.0 Å². The molecule has 3 rings (SSSR count). The molecule has 0 radical (unpaired) electrons. The van der Waals surface area contributed by atoms with Gasteiger partial charge in [-0.05, 0) is 25.3 Å².